The van der Waals surface area contributed by atoms with Gasteiger partial charge < -0.3 is 15.6 Å². The lowest BCUT2D eigenvalue weighted by Gasteiger charge is -2.11. The quantitative estimate of drug-likeness (QED) is 0.264. The van der Waals surface area contributed by atoms with Crippen LogP contribution in [-0.4, -0.2) is 35.6 Å². The molecule has 0 unspecified atom stereocenters. The fourth-order valence-electron chi connectivity index (χ4n) is 2.97. The molecule has 3 N–H and O–H groups in total. The van der Waals surface area contributed by atoms with Gasteiger partial charge in [-0.1, -0.05) is 6.07 Å². The number of aryl methyl sites for hydroxylation is 1. The Kier molecular flexibility index (Phi) is 8.69. The number of rotatable bonds is 7. The highest BCUT2D eigenvalue weighted by Crippen LogP contribution is 2.19. The second-order valence-electron chi connectivity index (χ2n) is 6.50. The number of guanidine groups is 1. The summed E-state index contributed by atoms with van der Waals surface area (Å²) in [6, 6.07) is 8.97. The van der Waals surface area contributed by atoms with Gasteiger partial charge in [-0.15, -0.1) is 24.0 Å². The molecule has 3 aromatic rings. The Morgan fingerprint density at radius 2 is 2.04 bits per heavy atom. The van der Waals surface area contributed by atoms with Gasteiger partial charge in [0.2, 0.25) is 0 Å². The standard InChI is InChI=1S/C21H26FN5.HI/c1-3-23-21(24-10-8-16-5-4-15(2)26-13-16)25-11-9-17-14-27-20-12-18(22)6-7-19(17)20;/h4-7,12-14,27H,3,8-11H2,1-2H3,(H2,23,24,25);1H. The topological polar surface area (TPSA) is 65.1 Å². The van der Waals surface area contributed by atoms with E-state index in [0.29, 0.717) is 6.54 Å². The van der Waals surface area contributed by atoms with Crippen molar-refractivity contribution < 1.29 is 4.39 Å². The third-order valence-corrected chi connectivity index (χ3v) is 4.40. The van der Waals surface area contributed by atoms with Gasteiger partial charge in [0.05, 0.1) is 0 Å². The monoisotopic (exact) mass is 495 g/mol. The summed E-state index contributed by atoms with van der Waals surface area (Å²) in [7, 11) is 0. The minimum atomic E-state index is -0.226. The molecule has 0 bridgehead atoms. The van der Waals surface area contributed by atoms with Crippen LogP contribution < -0.4 is 10.6 Å². The summed E-state index contributed by atoms with van der Waals surface area (Å²) in [6.45, 7) is 6.30. The zero-order valence-corrected chi connectivity index (χ0v) is 18.6. The molecule has 0 spiro atoms. The van der Waals surface area contributed by atoms with E-state index in [-0.39, 0.29) is 29.8 Å². The molecule has 0 aliphatic heterocycles. The van der Waals surface area contributed by atoms with Crippen LogP contribution in [0.25, 0.3) is 10.9 Å². The maximum absolute atomic E-state index is 13.3. The van der Waals surface area contributed by atoms with Gasteiger partial charge in [0.1, 0.15) is 5.82 Å². The van der Waals surface area contributed by atoms with Crippen molar-refractivity contribution in [1.29, 1.82) is 0 Å². The van der Waals surface area contributed by atoms with Crippen molar-refractivity contribution in [3.63, 3.8) is 0 Å². The number of H-pyrrole nitrogens is 1. The van der Waals surface area contributed by atoms with Crippen molar-refractivity contribution in [1.82, 2.24) is 20.6 Å². The number of nitrogens with zero attached hydrogens (tertiary/aromatic N) is 2. The second kappa shape index (κ2) is 11.0. The van der Waals surface area contributed by atoms with Gasteiger partial charge in [0.15, 0.2) is 5.96 Å². The molecule has 0 saturated carbocycles. The minimum absolute atomic E-state index is 0. The summed E-state index contributed by atoms with van der Waals surface area (Å²) in [5, 5.41) is 7.68. The molecule has 150 valence electrons. The summed E-state index contributed by atoms with van der Waals surface area (Å²) < 4.78 is 13.3. The van der Waals surface area contributed by atoms with Crippen molar-refractivity contribution >= 4 is 40.8 Å². The fourth-order valence-corrected chi connectivity index (χ4v) is 2.97. The normalized spacial score (nSPS) is 11.3. The number of hydrogen-bond acceptors (Lipinski definition) is 2. The van der Waals surface area contributed by atoms with Crippen LogP contribution in [0.1, 0.15) is 23.7 Å². The number of aromatic nitrogens is 2. The molecule has 3 rings (SSSR count). The first-order valence-corrected chi connectivity index (χ1v) is 9.35. The molecular weight excluding hydrogens is 468 g/mol. The van der Waals surface area contributed by atoms with Gasteiger partial charge in [0.25, 0.3) is 0 Å². The Balaban J connectivity index is 0.00000280. The molecule has 1 aromatic carbocycles. The van der Waals surface area contributed by atoms with Gasteiger partial charge >= 0.3 is 0 Å². The van der Waals surface area contributed by atoms with E-state index in [2.05, 4.69) is 38.6 Å². The fraction of sp³-hybridized carbons (Fsp3) is 0.333. The Morgan fingerprint density at radius 3 is 2.79 bits per heavy atom. The highest BCUT2D eigenvalue weighted by molar-refractivity contribution is 14.0. The molecule has 0 aliphatic rings. The van der Waals surface area contributed by atoms with Crippen LogP contribution in [0.2, 0.25) is 0 Å². The lowest BCUT2D eigenvalue weighted by molar-refractivity contribution is 0.629. The van der Waals surface area contributed by atoms with Crippen LogP contribution in [0.4, 0.5) is 4.39 Å². The molecule has 28 heavy (non-hydrogen) atoms. The van der Waals surface area contributed by atoms with Crippen LogP contribution in [0, 0.1) is 12.7 Å². The van der Waals surface area contributed by atoms with Crippen molar-refractivity contribution in [2.45, 2.75) is 26.7 Å². The summed E-state index contributed by atoms with van der Waals surface area (Å²) in [4.78, 5) is 12.1. The molecular formula is C21H27FIN5. The molecule has 0 amide bonds. The maximum Gasteiger partial charge on any atom is 0.191 e. The lowest BCUT2D eigenvalue weighted by atomic mass is 10.1. The van der Waals surface area contributed by atoms with E-state index < -0.39 is 0 Å². The maximum atomic E-state index is 13.3. The Labute approximate surface area is 182 Å². The molecule has 0 aliphatic carbocycles. The second-order valence-corrected chi connectivity index (χ2v) is 6.50. The zero-order chi connectivity index (χ0) is 19.1. The molecule has 5 nitrogen and oxygen atoms in total. The minimum Gasteiger partial charge on any atom is -0.361 e. The predicted molar refractivity (Wildman–Crippen MR) is 124 cm³/mol. The third-order valence-electron chi connectivity index (χ3n) is 4.40. The van der Waals surface area contributed by atoms with Gasteiger partial charge in [-0.05, 0) is 62.1 Å². The molecule has 2 aromatic heterocycles. The first-order chi connectivity index (χ1) is 13.2. The van der Waals surface area contributed by atoms with Gasteiger partial charge in [0, 0.05) is 48.6 Å². The predicted octanol–water partition coefficient (Wildman–Crippen LogP) is 3.97. The average Bonchev–Trinajstić information content (AvgIpc) is 3.05. The van der Waals surface area contributed by atoms with Gasteiger partial charge in [-0.2, -0.15) is 0 Å². The number of aliphatic imine (C=N–C) groups is 1. The number of pyridine rings is 1. The molecule has 7 heteroatoms. The van der Waals surface area contributed by atoms with E-state index in [9.17, 15) is 4.39 Å². The smallest absolute Gasteiger partial charge is 0.191 e. The zero-order valence-electron chi connectivity index (χ0n) is 16.3. The lowest BCUT2D eigenvalue weighted by Crippen LogP contribution is -2.38. The van der Waals surface area contributed by atoms with Crippen LogP contribution in [0.3, 0.4) is 0 Å². The van der Waals surface area contributed by atoms with E-state index in [1.165, 1.54) is 17.7 Å². The van der Waals surface area contributed by atoms with Crippen LogP contribution >= 0.6 is 24.0 Å². The van der Waals surface area contributed by atoms with Gasteiger partial charge in [-0.3, -0.25) is 9.98 Å². The number of hydrogen-bond donors (Lipinski definition) is 3. The summed E-state index contributed by atoms with van der Waals surface area (Å²) in [6.07, 6.45) is 5.54. The summed E-state index contributed by atoms with van der Waals surface area (Å²) in [5.41, 5.74) is 4.21. The summed E-state index contributed by atoms with van der Waals surface area (Å²) >= 11 is 0. The van der Waals surface area contributed by atoms with E-state index in [4.69, 9.17) is 0 Å². The van der Waals surface area contributed by atoms with Crippen LogP contribution in [-0.2, 0) is 12.8 Å². The van der Waals surface area contributed by atoms with E-state index in [1.807, 2.05) is 31.5 Å². The van der Waals surface area contributed by atoms with E-state index in [0.717, 1.165) is 54.1 Å². The highest BCUT2D eigenvalue weighted by Gasteiger charge is 2.05. The average molecular weight is 495 g/mol. The largest absolute Gasteiger partial charge is 0.361 e. The Hall–Kier alpha value is -2.16. The van der Waals surface area contributed by atoms with Crippen molar-refractivity contribution in [2.24, 2.45) is 4.99 Å². The SMILES string of the molecule is CCNC(=NCCc1c[nH]c2cc(F)ccc12)NCCc1ccc(C)nc1.I. The molecule has 0 atom stereocenters. The highest BCUT2D eigenvalue weighted by atomic mass is 127. The Morgan fingerprint density at radius 1 is 1.18 bits per heavy atom. The number of halogens is 2. The molecule has 0 radical (unpaired) electrons. The molecule has 0 saturated heterocycles. The number of benzene rings is 1. The van der Waals surface area contributed by atoms with Gasteiger partial charge in [-0.25, -0.2) is 4.39 Å². The van der Waals surface area contributed by atoms with Crippen molar-refractivity contribution in [2.75, 3.05) is 19.6 Å². The van der Waals surface area contributed by atoms with Crippen molar-refractivity contribution in [3.05, 3.63) is 65.4 Å². The third kappa shape index (κ3) is 6.19. The van der Waals surface area contributed by atoms with E-state index in [1.54, 1.807) is 0 Å². The van der Waals surface area contributed by atoms with Crippen molar-refractivity contribution in [3.8, 4) is 0 Å². The first-order valence-electron chi connectivity index (χ1n) is 9.35. The number of aromatic amines is 1. The summed E-state index contributed by atoms with van der Waals surface area (Å²) in [5.74, 6) is 0.583. The van der Waals surface area contributed by atoms with Crippen LogP contribution in [0.15, 0.2) is 47.7 Å². The number of fused-ring (bicyclic) bond motifs is 1. The number of nitrogens with one attached hydrogen (secondary N) is 3. The van der Waals surface area contributed by atoms with E-state index >= 15 is 0 Å². The molecule has 2 heterocycles. The van der Waals surface area contributed by atoms with Crippen LogP contribution in [0.5, 0.6) is 0 Å². The molecule has 0 fully saturated rings. The first kappa shape index (κ1) is 22.1. The Bertz CT molecular complexity index is 905.